The van der Waals surface area contributed by atoms with Gasteiger partial charge in [-0.25, -0.2) is 0 Å². The molecule has 0 aliphatic rings. The Bertz CT molecular complexity index is 196. The van der Waals surface area contributed by atoms with Crippen LogP contribution in [0.4, 0.5) is 0 Å². The first-order valence-electron chi connectivity index (χ1n) is 4.93. The van der Waals surface area contributed by atoms with E-state index in [9.17, 15) is 9.90 Å². The monoisotopic (exact) mass is 220 g/mol. The summed E-state index contributed by atoms with van der Waals surface area (Å²) in [4.78, 5) is 11.2. The van der Waals surface area contributed by atoms with Crippen LogP contribution in [0.2, 0.25) is 0 Å². The number of hydrogen-bond acceptors (Lipinski definition) is 5. The predicted octanol–water partition coefficient (Wildman–Crippen LogP) is -0.178. The molecule has 0 rings (SSSR count). The Morgan fingerprint density at radius 3 is 2.20 bits per heavy atom. The number of hydrogen-bond donors (Lipinski definition) is 3. The van der Waals surface area contributed by atoms with Gasteiger partial charge in [0.15, 0.2) is 0 Å². The zero-order valence-electron chi connectivity index (χ0n) is 9.43. The topological polar surface area (TPSA) is 87.0 Å². The third-order valence-electron chi connectivity index (χ3n) is 1.58. The third-order valence-corrected chi connectivity index (χ3v) is 1.58. The van der Waals surface area contributed by atoms with Crippen LogP contribution < -0.4 is 0 Å². The van der Waals surface area contributed by atoms with Gasteiger partial charge in [0.2, 0.25) is 0 Å². The highest BCUT2D eigenvalue weighted by Crippen LogP contribution is 2.11. The van der Waals surface area contributed by atoms with Gasteiger partial charge in [0.1, 0.15) is 5.60 Å². The van der Waals surface area contributed by atoms with E-state index in [4.69, 9.17) is 14.9 Å². The predicted molar refractivity (Wildman–Crippen MR) is 54.2 cm³/mol. The highest BCUT2D eigenvalue weighted by Gasteiger charge is 2.20. The SMILES string of the molecule is CC(C)(C)OC(=O)C[C@H](O)C[C@H](O)CO. The Balaban J connectivity index is 3.87. The van der Waals surface area contributed by atoms with E-state index in [1.807, 2.05) is 0 Å². The molecule has 0 unspecified atom stereocenters. The number of rotatable bonds is 5. The van der Waals surface area contributed by atoms with Crippen LogP contribution in [-0.4, -0.2) is 45.7 Å². The minimum absolute atomic E-state index is 0.0320. The molecular formula is C10H20O5. The van der Waals surface area contributed by atoms with Crippen molar-refractivity contribution in [3.05, 3.63) is 0 Å². The van der Waals surface area contributed by atoms with Gasteiger partial charge in [0, 0.05) is 6.42 Å². The number of aliphatic hydroxyl groups is 3. The fraction of sp³-hybridized carbons (Fsp3) is 0.900. The quantitative estimate of drug-likeness (QED) is 0.560. The van der Waals surface area contributed by atoms with E-state index < -0.39 is 30.4 Å². The number of carbonyl (C=O) groups is 1. The van der Waals surface area contributed by atoms with Crippen LogP contribution in [0, 0.1) is 0 Å². The van der Waals surface area contributed by atoms with Gasteiger partial charge >= 0.3 is 5.97 Å². The normalized spacial score (nSPS) is 15.9. The molecule has 0 aromatic heterocycles. The van der Waals surface area contributed by atoms with E-state index in [-0.39, 0.29) is 12.8 Å². The van der Waals surface area contributed by atoms with Gasteiger partial charge in [-0.1, -0.05) is 0 Å². The summed E-state index contributed by atoms with van der Waals surface area (Å²) in [5.41, 5.74) is -0.577. The van der Waals surface area contributed by atoms with E-state index in [0.29, 0.717) is 0 Å². The van der Waals surface area contributed by atoms with E-state index in [1.165, 1.54) is 0 Å². The first-order chi connectivity index (χ1) is 6.74. The molecule has 3 N–H and O–H groups in total. The number of esters is 1. The average molecular weight is 220 g/mol. The van der Waals surface area contributed by atoms with Gasteiger partial charge in [-0.2, -0.15) is 0 Å². The first kappa shape index (κ1) is 14.3. The molecule has 5 nitrogen and oxygen atoms in total. The van der Waals surface area contributed by atoms with Gasteiger partial charge < -0.3 is 20.1 Å². The molecule has 15 heavy (non-hydrogen) atoms. The van der Waals surface area contributed by atoms with Crippen LogP contribution in [0.5, 0.6) is 0 Å². The summed E-state index contributed by atoms with van der Waals surface area (Å²) >= 11 is 0. The maximum atomic E-state index is 11.2. The molecule has 5 heteroatoms. The van der Waals surface area contributed by atoms with Crippen LogP contribution in [0.3, 0.4) is 0 Å². The summed E-state index contributed by atoms with van der Waals surface area (Å²) in [6.07, 6.45) is -2.19. The van der Waals surface area contributed by atoms with E-state index >= 15 is 0 Å². The summed E-state index contributed by atoms with van der Waals surface area (Å²) in [7, 11) is 0. The van der Waals surface area contributed by atoms with Crippen molar-refractivity contribution in [2.75, 3.05) is 6.61 Å². The molecule has 0 bridgehead atoms. The van der Waals surface area contributed by atoms with Gasteiger partial charge in [-0.15, -0.1) is 0 Å². The lowest BCUT2D eigenvalue weighted by atomic mass is 10.1. The number of carbonyl (C=O) groups excluding carboxylic acids is 1. The fourth-order valence-electron chi connectivity index (χ4n) is 1.05. The number of ether oxygens (including phenoxy) is 1. The molecule has 0 radical (unpaired) electrons. The zero-order chi connectivity index (χ0) is 12.1. The first-order valence-corrected chi connectivity index (χ1v) is 4.93. The standard InChI is InChI=1S/C10H20O5/c1-10(2,3)15-9(14)5-7(12)4-8(13)6-11/h7-8,11-13H,4-6H2,1-3H3/t7-,8+/m1/s1. The number of aliphatic hydroxyl groups excluding tert-OH is 3. The third kappa shape index (κ3) is 8.35. The maximum absolute atomic E-state index is 11.2. The molecule has 0 aromatic carbocycles. The van der Waals surface area contributed by atoms with Crippen molar-refractivity contribution in [2.45, 2.75) is 51.4 Å². The van der Waals surface area contributed by atoms with Crippen molar-refractivity contribution in [3.63, 3.8) is 0 Å². The molecule has 0 saturated heterocycles. The van der Waals surface area contributed by atoms with E-state index in [0.717, 1.165) is 0 Å². The second kappa shape index (κ2) is 6.05. The molecule has 0 spiro atoms. The largest absolute Gasteiger partial charge is 0.460 e. The molecule has 0 aliphatic carbocycles. The molecule has 0 amide bonds. The second-order valence-corrected chi connectivity index (χ2v) is 4.52. The van der Waals surface area contributed by atoms with Crippen molar-refractivity contribution >= 4 is 5.97 Å². The summed E-state index contributed by atoms with van der Waals surface area (Å²) in [6, 6.07) is 0. The molecule has 2 atom stereocenters. The van der Waals surface area contributed by atoms with Gasteiger partial charge in [-0.05, 0) is 20.8 Å². The van der Waals surface area contributed by atoms with Crippen LogP contribution in [0.1, 0.15) is 33.6 Å². The summed E-state index contributed by atoms with van der Waals surface area (Å²) in [5, 5.41) is 26.9. The Labute approximate surface area is 89.7 Å². The molecule has 90 valence electrons. The Morgan fingerprint density at radius 2 is 1.80 bits per heavy atom. The fourth-order valence-corrected chi connectivity index (χ4v) is 1.05. The highest BCUT2D eigenvalue weighted by molar-refractivity contribution is 5.70. The Kier molecular flexibility index (Phi) is 5.79. The molecule has 0 heterocycles. The summed E-state index contributed by atoms with van der Waals surface area (Å²) < 4.78 is 4.98. The lowest BCUT2D eigenvalue weighted by molar-refractivity contribution is -0.157. The maximum Gasteiger partial charge on any atom is 0.308 e. The molecular weight excluding hydrogens is 200 g/mol. The van der Waals surface area contributed by atoms with Crippen LogP contribution in [0.15, 0.2) is 0 Å². The molecule has 0 aromatic rings. The van der Waals surface area contributed by atoms with Crippen molar-refractivity contribution in [1.29, 1.82) is 0 Å². The molecule has 0 saturated carbocycles. The lowest BCUT2D eigenvalue weighted by Crippen LogP contribution is -2.28. The van der Waals surface area contributed by atoms with Crippen molar-refractivity contribution in [3.8, 4) is 0 Å². The van der Waals surface area contributed by atoms with Gasteiger partial charge in [0.25, 0.3) is 0 Å². The highest BCUT2D eigenvalue weighted by atomic mass is 16.6. The smallest absolute Gasteiger partial charge is 0.308 e. The lowest BCUT2D eigenvalue weighted by Gasteiger charge is -2.21. The zero-order valence-corrected chi connectivity index (χ0v) is 9.43. The van der Waals surface area contributed by atoms with Gasteiger partial charge in [-0.3, -0.25) is 4.79 Å². The Hall–Kier alpha value is -0.650. The van der Waals surface area contributed by atoms with Crippen molar-refractivity contribution in [1.82, 2.24) is 0 Å². The minimum Gasteiger partial charge on any atom is -0.460 e. The van der Waals surface area contributed by atoms with Crippen LogP contribution in [0.25, 0.3) is 0 Å². The summed E-state index contributed by atoms with van der Waals surface area (Å²) in [6.45, 7) is 4.78. The average Bonchev–Trinajstić information content (AvgIpc) is 1.99. The molecule has 0 aliphatic heterocycles. The van der Waals surface area contributed by atoms with Crippen molar-refractivity contribution in [2.24, 2.45) is 0 Å². The molecule has 0 fully saturated rings. The minimum atomic E-state index is -0.998. The van der Waals surface area contributed by atoms with Crippen molar-refractivity contribution < 1.29 is 24.9 Å². The second-order valence-electron chi connectivity index (χ2n) is 4.52. The van der Waals surface area contributed by atoms with E-state index in [2.05, 4.69) is 0 Å². The van der Waals surface area contributed by atoms with Gasteiger partial charge in [0.05, 0.1) is 25.2 Å². The van der Waals surface area contributed by atoms with E-state index in [1.54, 1.807) is 20.8 Å². The van der Waals surface area contributed by atoms with Crippen LogP contribution in [-0.2, 0) is 9.53 Å². The summed E-state index contributed by atoms with van der Waals surface area (Å²) in [5.74, 6) is -0.514. The Morgan fingerprint density at radius 1 is 1.27 bits per heavy atom. The van der Waals surface area contributed by atoms with Crippen LogP contribution >= 0.6 is 0 Å².